The number of hydrogen-bond donors (Lipinski definition) is 1. The Labute approximate surface area is 106 Å². The van der Waals surface area contributed by atoms with E-state index in [0.717, 1.165) is 11.1 Å². The molecule has 0 aromatic heterocycles. The molecule has 2 aromatic carbocycles. The molecule has 0 saturated carbocycles. The number of ether oxygens (including phenoxy) is 1. The lowest BCUT2D eigenvalue weighted by atomic mass is 9.97. The Balaban J connectivity index is 2.69. The molecule has 2 rings (SSSR count). The van der Waals surface area contributed by atoms with Gasteiger partial charge in [-0.1, -0.05) is 35.9 Å². The Hall–Kier alpha value is -2.29. The highest BCUT2D eigenvalue weighted by Gasteiger charge is 2.14. The van der Waals surface area contributed by atoms with Crippen LogP contribution in [0.25, 0.3) is 11.1 Å². The highest BCUT2D eigenvalue weighted by Crippen LogP contribution is 2.32. The first kappa shape index (κ1) is 12.2. The van der Waals surface area contributed by atoms with Crippen molar-refractivity contribution < 1.29 is 14.6 Å². The van der Waals surface area contributed by atoms with Crippen molar-refractivity contribution in [1.29, 1.82) is 0 Å². The first-order chi connectivity index (χ1) is 8.63. The van der Waals surface area contributed by atoms with Gasteiger partial charge in [-0.05, 0) is 19.1 Å². The molecule has 3 heteroatoms. The summed E-state index contributed by atoms with van der Waals surface area (Å²) in [5.41, 5.74) is 2.77. The number of para-hydroxylation sites is 1. The van der Waals surface area contributed by atoms with E-state index < -0.39 is 5.97 Å². The van der Waals surface area contributed by atoms with Gasteiger partial charge >= 0.3 is 5.97 Å². The molecule has 18 heavy (non-hydrogen) atoms. The number of rotatable bonds is 3. The molecule has 0 fully saturated rings. The third kappa shape index (κ3) is 2.20. The van der Waals surface area contributed by atoms with E-state index in [1.807, 2.05) is 37.3 Å². The predicted molar refractivity (Wildman–Crippen MR) is 70.1 cm³/mol. The minimum atomic E-state index is -0.934. The minimum absolute atomic E-state index is 0.283. The lowest BCUT2D eigenvalue weighted by molar-refractivity contribution is 0.0698. The Bertz CT molecular complexity index is 588. The second-order valence-corrected chi connectivity index (χ2v) is 4.05. The van der Waals surface area contributed by atoms with Gasteiger partial charge in [0.05, 0.1) is 12.7 Å². The third-order valence-corrected chi connectivity index (χ3v) is 2.80. The van der Waals surface area contributed by atoms with Gasteiger partial charge in [0.15, 0.2) is 0 Å². The van der Waals surface area contributed by atoms with Gasteiger partial charge in [-0.2, -0.15) is 0 Å². The van der Waals surface area contributed by atoms with Crippen LogP contribution in [0.5, 0.6) is 5.75 Å². The summed E-state index contributed by atoms with van der Waals surface area (Å²) < 4.78 is 5.28. The van der Waals surface area contributed by atoms with Crippen LogP contribution < -0.4 is 4.74 Å². The van der Waals surface area contributed by atoms with E-state index in [2.05, 4.69) is 0 Å². The number of aromatic carboxylic acids is 1. The average molecular weight is 242 g/mol. The van der Waals surface area contributed by atoms with Crippen LogP contribution in [0, 0.1) is 6.92 Å². The zero-order valence-corrected chi connectivity index (χ0v) is 10.3. The van der Waals surface area contributed by atoms with Gasteiger partial charge in [0, 0.05) is 11.1 Å². The summed E-state index contributed by atoms with van der Waals surface area (Å²) in [6, 6.07) is 12.7. The van der Waals surface area contributed by atoms with Gasteiger partial charge in [0.1, 0.15) is 5.75 Å². The molecule has 0 saturated heterocycles. The van der Waals surface area contributed by atoms with Crippen LogP contribution in [-0.2, 0) is 0 Å². The lowest BCUT2D eigenvalue weighted by Crippen LogP contribution is -2.00. The van der Waals surface area contributed by atoms with E-state index in [1.165, 1.54) is 0 Å². The molecule has 92 valence electrons. The molecule has 0 aliphatic heterocycles. The van der Waals surface area contributed by atoms with Crippen LogP contribution in [0.2, 0.25) is 0 Å². The Morgan fingerprint density at radius 3 is 2.50 bits per heavy atom. The molecule has 0 aliphatic carbocycles. The Kier molecular flexibility index (Phi) is 3.33. The topological polar surface area (TPSA) is 46.5 Å². The second kappa shape index (κ2) is 4.92. The molecule has 0 aliphatic rings. The SMILES string of the molecule is COc1ccccc1-c1cc(C)ccc1C(=O)O. The summed E-state index contributed by atoms with van der Waals surface area (Å²) in [4.78, 5) is 11.3. The first-order valence-corrected chi connectivity index (χ1v) is 5.61. The summed E-state index contributed by atoms with van der Waals surface area (Å²) in [6.45, 7) is 1.94. The van der Waals surface area contributed by atoms with E-state index in [-0.39, 0.29) is 5.56 Å². The van der Waals surface area contributed by atoms with Crippen LogP contribution in [0.4, 0.5) is 0 Å². The Morgan fingerprint density at radius 1 is 1.11 bits per heavy atom. The number of carboxylic acid groups (broad SMARTS) is 1. The molecule has 0 heterocycles. The van der Waals surface area contributed by atoms with E-state index in [1.54, 1.807) is 19.2 Å². The molecule has 0 unspecified atom stereocenters. The maximum Gasteiger partial charge on any atom is 0.336 e. The fourth-order valence-electron chi connectivity index (χ4n) is 1.93. The van der Waals surface area contributed by atoms with Crippen molar-refractivity contribution in [1.82, 2.24) is 0 Å². The summed E-state index contributed by atoms with van der Waals surface area (Å²) in [5, 5.41) is 9.24. The van der Waals surface area contributed by atoms with Crippen molar-refractivity contribution in [2.45, 2.75) is 6.92 Å². The van der Waals surface area contributed by atoms with Gasteiger partial charge < -0.3 is 9.84 Å². The zero-order chi connectivity index (χ0) is 13.1. The zero-order valence-electron chi connectivity index (χ0n) is 10.3. The van der Waals surface area contributed by atoms with Gasteiger partial charge in [0.25, 0.3) is 0 Å². The molecule has 0 spiro atoms. The van der Waals surface area contributed by atoms with E-state index in [4.69, 9.17) is 4.74 Å². The number of carbonyl (C=O) groups is 1. The standard InChI is InChI=1S/C15H14O3/c1-10-7-8-12(15(16)17)13(9-10)11-5-3-4-6-14(11)18-2/h3-9H,1-2H3,(H,16,17). The van der Waals surface area contributed by atoms with E-state index >= 15 is 0 Å². The van der Waals surface area contributed by atoms with Crippen molar-refractivity contribution >= 4 is 5.97 Å². The van der Waals surface area contributed by atoms with Crippen LogP contribution in [0.3, 0.4) is 0 Å². The molecule has 0 amide bonds. The lowest BCUT2D eigenvalue weighted by Gasteiger charge is -2.11. The number of carboxylic acids is 1. The van der Waals surface area contributed by atoms with Gasteiger partial charge in [-0.15, -0.1) is 0 Å². The highest BCUT2D eigenvalue weighted by atomic mass is 16.5. The van der Waals surface area contributed by atoms with Crippen LogP contribution in [-0.4, -0.2) is 18.2 Å². The van der Waals surface area contributed by atoms with Gasteiger partial charge in [-0.25, -0.2) is 4.79 Å². The van der Waals surface area contributed by atoms with Crippen LogP contribution >= 0.6 is 0 Å². The van der Waals surface area contributed by atoms with Crippen molar-refractivity contribution in [3.05, 3.63) is 53.6 Å². The van der Waals surface area contributed by atoms with Crippen molar-refractivity contribution in [3.63, 3.8) is 0 Å². The van der Waals surface area contributed by atoms with E-state index in [9.17, 15) is 9.90 Å². The molecule has 0 bridgehead atoms. The van der Waals surface area contributed by atoms with Crippen molar-refractivity contribution in [2.24, 2.45) is 0 Å². The number of benzene rings is 2. The van der Waals surface area contributed by atoms with Crippen molar-refractivity contribution in [2.75, 3.05) is 7.11 Å². The monoisotopic (exact) mass is 242 g/mol. The Morgan fingerprint density at radius 2 is 1.83 bits per heavy atom. The molecule has 0 atom stereocenters. The minimum Gasteiger partial charge on any atom is -0.496 e. The van der Waals surface area contributed by atoms with Crippen LogP contribution in [0.15, 0.2) is 42.5 Å². The van der Waals surface area contributed by atoms with E-state index in [0.29, 0.717) is 11.3 Å². The number of methoxy groups -OCH3 is 1. The van der Waals surface area contributed by atoms with Gasteiger partial charge in [-0.3, -0.25) is 0 Å². The maximum atomic E-state index is 11.3. The molecule has 3 nitrogen and oxygen atoms in total. The molecule has 0 radical (unpaired) electrons. The summed E-state index contributed by atoms with van der Waals surface area (Å²) in [7, 11) is 1.58. The smallest absolute Gasteiger partial charge is 0.336 e. The molecule has 2 aromatic rings. The quantitative estimate of drug-likeness (QED) is 0.897. The molecular formula is C15H14O3. The predicted octanol–water partition coefficient (Wildman–Crippen LogP) is 3.37. The number of hydrogen-bond acceptors (Lipinski definition) is 2. The number of aryl methyl sites for hydroxylation is 1. The first-order valence-electron chi connectivity index (χ1n) is 5.61. The fourth-order valence-corrected chi connectivity index (χ4v) is 1.93. The third-order valence-electron chi connectivity index (χ3n) is 2.80. The average Bonchev–Trinajstić information content (AvgIpc) is 2.38. The van der Waals surface area contributed by atoms with Gasteiger partial charge in [0.2, 0.25) is 0 Å². The fraction of sp³-hybridized carbons (Fsp3) is 0.133. The van der Waals surface area contributed by atoms with Crippen molar-refractivity contribution in [3.8, 4) is 16.9 Å². The molecular weight excluding hydrogens is 228 g/mol. The second-order valence-electron chi connectivity index (χ2n) is 4.05. The highest BCUT2D eigenvalue weighted by molar-refractivity contribution is 5.97. The summed E-state index contributed by atoms with van der Waals surface area (Å²) in [5.74, 6) is -0.262. The largest absolute Gasteiger partial charge is 0.496 e. The summed E-state index contributed by atoms with van der Waals surface area (Å²) in [6.07, 6.45) is 0. The normalized spacial score (nSPS) is 10.1. The summed E-state index contributed by atoms with van der Waals surface area (Å²) >= 11 is 0. The maximum absolute atomic E-state index is 11.3. The molecule has 1 N–H and O–H groups in total. The van der Waals surface area contributed by atoms with Crippen LogP contribution in [0.1, 0.15) is 15.9 Å².